The highest BCUT2D eigenvalue weighted by Gasteiger charge is 2.20. The Kier molecular flexibility index (Phi) is 3.81. The lowest BCUT2D eigenvalue weighted by Gasteiger charge is -2.03. The zero-order valence-corrected chi connectivity index (χ0v) is 11.5. The van der Waals surface area contributed by atoms with Crippen molar-refractivity contribution in [3.63, 3.8) is 0 Å². The molecule has 0 unspecified atom stereocenters. The Morgan fingerprint density at radius 3 is 2.58 bits per heavy atom. The summed E-state index contributed by atoms with van der Waals surface area (Å²) in [6.07, 6.45) is 0. The normalized spacial score (nSPS) is 10.5. The standard InChI is InChI=1S/C14H15ClN2O2/c1-3-19-14(18)11-8(2)17-13(12(11)16)9-4-6-10(15)7-5-9/h4-7,17H,3,16H2,1-2H3. The van der Waals surface area contributed by atoms with Gasteiger partial charge in [0.25, 0.3) is 0 Å². The van der Waals surface area contributed by atoms with Crippen LogP contribution in [0.3, 0.4) is 0 Å². The third-order valence-electron chi connectivity index (χ3n) is 2.84. The van der Waals surface area contributed by atoms with E-state index in [1.807, 2.05) is 12.1 Å². The van der Waals surface area contributed by atoms with Crippen LogP contribution in [0.25, 0.3) is 11.3 Å². The number of aromatic amines is 1. The first kappa shape index (κ1) is 13.5. The van der Waals surface area contributed by atoms with Crippen LogP contribution in [-0.2, 0) is 4.74 Å². The Hall–Kier alpha value is -1.94. The SMILES string of the molecule is CCOC(=O)c1c(C)[nH]c(-c2ccc(Cl)cc2)c1N. The van der Waals surface area contributed by atoms with Crippen LogP contribution in [0.1, 0.15) is 23.0 Å². The minimum absolute atomic E-state index is 0.319. The molecule has 0 saturated carbocycles. The van der Waals surface area contributed by atoms with Crippen LogP contribution in [0.5, 0.6) is 0 Å². The Labute approximate surface area is 116 Å². The van der Waals surface area contributed by atoms with Crippen molar-refractivity contribution in [2.75, 3.05) is 12.3 Å². The minimum Gasteiger partial charge on any atom is -0.462 e. The molecular weight excluding hydrogens is 264 g/mol. The zero-order valence-electron chi connectivity index (χ0n) is 10.8. The largest absolute Gasteiger partial charge is 0.462 e. The van der Waals surface area contributed by atoms with Crippen molar-refractivity contribution in [1.82, 2.24) is 4.98 Å². The van der Waals surface area contributed by atoms with Crippen LogP contribution >= 0.6 is 11.6 Å². The Balaban J connectivity index is 2.46. The molecule has 0 saturated heterocycles. The van der Waals surface area contributed by atoms with Crippen molar-refractivity contribution in [3.05, 3.63) is 40.5 Å². The molecule has 1 heterocycles. The quantitative estimate of drug-likeness (QED) is 0.846. The van der Waals surface area contributed by atoms with E-state index in [0.29, 0.717) is 34.3 Å². The number of nitrogens with two attached hydrogens (primary N) is 1. The van der Waals surface area contributed by atoms with Crippen LogP contribution in [0.15, 0.2) is 24.3 Å². The van der Waals surface area contributed by atoms with Gasteiger partial charge in [0.1, 0.15) is 5.56 Å². The molecule has 2 aromatic rings. The fourth-order valence-corrected chi connectivity index (χ4v) is 2.08. The molecule has 100 valence electrons. The van der Waals surface area contributed by atoms with E-state index in [1.165, 1.54) is 0 Å². The molecule has 0 radical (unpaired) electrons. The fourth-order valence-electron chi connectivity index (χ4n) is 1.95. The van der Waals surface area contributed by atoms with Gasteiger partial charge in [0.15, 0.2) is 0 Å². The van der Waals surface area contributed by atoms with Gasteiger partial charge in [0.2, 0.25) is 0 Å². The van der Waals surface area contributed by atoms with E-state index in [1.54, 1.807) is 26.0 Å². The molecule has 1 aromatic carbocycles. The molecule has 0 amide bonds. The number of carbonyl (C=O) groups excluding carboxylic acids is 1. The third kappa shape index (κ3) is 2.58. The lowest BCUT2D eigenvalue weighted by atomic mass is 10.1. The van der Waals surface area contributed by atoms with E-state index in [-0.39, 0.29) is 0 Å². The first-order valence-corrected chi connectivity index (χ1v) is 6.33. The van der Waals surface area contributed by atoms with Gasteiger partial charge >= 0.3 is 5.97 Å². The summed E-state index contributed by atoms with van der Waals surface area (Å²) >= 11 is 5.85. The van der Waals surface area contributed by atoms with Crippen molar-refractivity contribution < 1.29 is 9.53 Å². The highest BCUT2D eigenvalue weighted by atomic mass is 35.5. The number of carbonyl (C=O) groups is 1. The molecule has 5 heteroatoms. The summed E-state index contributed by atoms with van der Waals surface area (Å²) in [5.74, 6) is -0.408. The van der Waals surface area contributed by atoms with Crippen LogP contribution < -0.4 is 5.73 Å². The van der Waals surface area contributed by atoms with Gasteiger partial charge in [-0.1, -0.05) is 23.7 Å². The molecule has 4 nitrogen and oxygen atoms in total. The first-order valence-electron chi connectivity index (χ1n) is 5.95. The van der Waals surface area contributed by atoms with E-state index in [9.17, 15) is 4.79 Å². The van der Waals surface area contributed by atoms with Crippen molar-refractivity contribution in [1.29, 1.82) is 0 Å². The summed E-state index contributed by atoms with van der Waals surface area (Å²) < 4.78 is 5.00. The Morgan fingerprint density at radius 1 is 1.37 bits per heavy atom. The number of benzene rings is 1. The molecule has 1 aromatic heterocycles. The number of hydrogen-bond acceptors (Lipinski definition) is 3. The number of aromatic nitrogens is 1. The maximum atomic E-state index is 11.8. The number of nitrogens with one attached hydrogen (secondary N) is 1. The van der Waals surface area contributed by atoms with Gasteiger partial charge in [0, 0.05) is 16.3 Å². The summed E-state index contributed by atoms with van der Waals surface area (Å²) in [5, 5.41) is 0.649. The predicted molar refractivity (Wildman–Crippen MR) is 76.3 cm³/mol. The van der Waals surface area contributed by atoms with Crippen molar-refractivity contribution >= 4 is 23.3 Å². The minimum atomic E-state index is -0.408. The summed E-state index contributed by atoms with van der Waals surface area (Å²) in [7, 11) is 0. The molecule has 0 aliphatic rings. The smallest absolute Gasteiger partial charge is 0.342 e. The predicted octanol–water partition coefficient (Wildman–Crippen LogP) is 3.40. The highest BCUT2D eigenvalue weighted by molar-refractivity contribution is 6.30. The van der Waals surface area contributed by atoms with E-state index in [2.05, 4.69) is 4.98 Å². The molecule has 0 aliphatic carbocycles. The van der Waals surface area contributed by atoms with E-state index in [4.69, 9.17) is 22.1 Å². The monoisotopic (exact) mass is 278 g/mol. The lowest BCUT2D eigenvalue weighted by Crippen LogP contribution is -2.07. The van der Waals surface area contributed by atoms with Crippen molar-refractivity contribution in [2.45, 2.75) is 13.8 Å². The number of anilines is 1. The molecule has 0 spiro atoms. The molecule has 19 heavy (non-hydrogen) atoms. The van der Waals surface area contributed by atoms with Gasteiger partial charge in [-0.25, -0.2) is 4.79 Å². The Morgan fingerprint density at radius 2 is 2.00 bits per heavy atom. The molecule has 0 bridgehead atoms. The van der Waals surface area contributed by atoms with Crippen molar-refractivity contribution in [3.8, 4) is 11.3 Å². The van der Waals surface area contributed by atoms with Gasteiger partial charge in [-0.3, -0.25) is 0 Å². The summed E-state index contributed by atoms with van der Waals surface area (Å²) in [5.41, 5.74) is 9.11. The maximum Gasteiger partial charge on any atom is 0.342 e. The second-order valence-corrected chi connectivity index (χ2v) is 4.58. The van der Waals surface area contributed by atoms with Gasteiger partial charge in [-0.15, -0.1) is 0 Å². The van der Waals surface area contributed by atoms with E-state index in [0.717, 1.165) is 5.56 Å². The van der Waals surface area contributed by atoms with Crippen LogP contribution in [0, 0.1) is 6.92 Å². The van der Waals surface area contributed by atoms with Gasteiger partial charge in [-0.2, -0.15) is 0 Å². The molecule has 0 aliphatic heterocycles. The van der Waals surface area contributed by atoms with E-state index < -0.39 is 5.97 Å². The fraction of sp³-hybridized carbons (Fsp3) is 0.214. The second kappa shape index (κ2) is 5.36. The molecular formula is C14H15ClN2O2. The number of aryl methyl sites for hydroxylation is 1. The number of hydrogen-bond donors (Lipinski definition) is 2. The summed E-state index contributed by atoms with van der Waals surface area (Å²) in [6, 6.07) is 7.24. The lowest BCUT2D eigenvalue weighted by molar-refractivity contribution is 0.0527. The average molecular weight is 279 g/mol. The number of halogens is 1. The van der Waals surface area contributed by atoms with Crippen LogP contribution in [0.4, 0.5) is 5.69 Å². The number of rotatable bonds is 3. The van der Waals surface area contributed by atoms with E-state index >= 15 is 0 Å². The van der Waals surface area contributed by atoms with Gasteiger partial charge in [0.05, 0.1) is 18.0 Å². The molecule has 0 atom stereocenters. The maximum absolute atomic E-state index is 11.8. The molecule has 0 fully saturated rings. The molecule has 2 rings (SSSR count). The second-order valence-electron chi connectivity index (χ2n) is 4.14. The topological polar surface area (TPSA) is 68.1 Å². The third-order valence-corrected chi connectivity index (χ3v) is 3.09. The number of ether oxygens (including phenoxy) is 1. The summed E-state index contributed by atoms with van der Waals surface area (Å²) in [6.45, 7) is 3.87. The van der Waals surface area contributed by atoms with Gasteiger partial charge in [-0.05, 0) is 26.0 Å². The number of nitrogen functional groups attached to an aromatic ring is 1. The number of esters is 1. The zero-order chi connectivity index (χ0) is 14.0. The molecule has 3 N–H and O–H groups in total. The van der Waals surface area contributed by atoms with Crippen LogP contribution in [-0.4, -0.2) is 17.6 Å². The summed E-state index contributed by atoms with van der Waals surface area (Å²) in [4.78, 5) is 15.0. The van der Waals surface area contributed by atoms with Crippen LogP contribution in [0.2, 0.25) is 5.02 Å². The van der Waals surface area contributed by atoms with Gasteiger partial charge < -0.3 is 15.5 Å². The number of H-pyrrole nitrogens is 1. The average Bonchev–Trinajstić information content (AvgIpc) is 2.66. The Bertz CT molecular complexity index is 603. The van der Waals surface area contributed by atoms with Crippen molar-refractivity contribution in [2.24, 2.45) is 0 Å². The highest BCUT2D eigenvalue weighted by Crippen LogP contribution is 2.31. The first-order chi connectivity index (χ1) is 9.04.